The molecule has 0 saturated carbocycles. The summed E-state index contributed by atoms with van der Waals surface area (Å²) in [5, 5.41) is 18.1. The van der Waals surface area contributed by atoms with Crippen molar-refractivity contribution in [2.45, 2.75) is 12.1 Å². The molecule has 0 aromatic heterocycles. The predicted octanol–water partition coefficient (Wildman–Crippen LogP) is 0.179. The fraction of sp³-hybridized carbons (Fsp3) is 0.333. The van der Waals surface area contributed by atoms with E-state index in [1.54, 1.807) is 0 Å². The molecule has 13 heavy (non-hydrogen) atoms. The molecule has 0 saturated heterocycles. The van der Waals surface area contributed by atoms with E-state index in [2.05, 4.69) is 0 Å². The molecule has 0 aliphatic rings. The first kappa shape index (κ1) is 10.1. The predicted molar refractivity (Wildman–Crippen MR) is 46.4 cm³/mol. The third-order valence-electron chi connectivity index (χ3n) is 1.83. The molecule has 0 heterocycles. The van der Waals surface area contributed by atoms with Crippen LogP contribution in [0, 0.1) is 5.82 Å². The minimum atomic E-state index is -0.953. The highest BCUT2D eigenvalue weighted by molar-refractivity contribution is 5.19. The van der Waals surface area contributed by atoms with Crippen LogP contribution in [0.15, 0.2) is 24.3 Å². The largest absolute Gasteiger partial charge is 0.395 e. The third kappa shape index (κ3) is 2.48. The van der Waals surface area contributed by atoms with Crippen molar-refractivity contribution in [2.75, 3.05) is 6.61 Å². The van der Waals surface area contributed by atoms with Crippen molar-refractivity contribution >= 4 is 0 Å². The summed E-state index contributed by atoms with van der Waals surface area (Å²) in [5.41, 5.74) is 5.90. The smallest absolute Gasteiger partial charge is 0.123 e. The quantitative estimate of drug-likeness (QED) is 0.629. The van der Waals surface area contributed by atoms with Gasteiger partial charge in [-0.25, -0.2) is 4.39 Å². The first-order valence-corrected chi connectivity index (χ1v) is 3.95. The molecular formula is C9H12FNO2. The summed E-state index contributed by atoms with van der Waals surface area (Å²) in [6, 6.07) is 4.63. The van der Waals surface area contributed by atoms with E-state index in [1.165, 1.54) is 24.3 Å². The van der Waals surface area contributed by atoms with Gasteiger partial charge in [-0.05, 0) is 17.7 Å². The lowest BCUT2D eigenvalue weighted by Gasteiger charge is -2.16. The molecule has 2 unspecified atom stereocenters. The van der Waals surface area contributed by atoms with Crippen LogP contribution in [-0.2, 0) is 0 Å². The molecule has 4 heteroatoms. The van der Waals surface area contributed by atoms with Crippen molar-refractivity contribution in [3.05, 3.63) is 35.6 Å². The van der Waals surface area contributed by atoms with Crippen LogP contribution in [0.5, 0.6) is 0 Å². The van der Waals surface area contributed by atoms with Crippen LogP contribution in [0.1, 0.15) is 11.7 Å². The second kappa shape index (κ2) is 4.32. The Morgan fingerprint density at radius 3 is 2.31 bits per heavy atom. The van der Waals surface area contributed by atoms with E-state index < -0.39 is 12.1 Å². The van der Waals surface area contributed by atoms with E-state index in [4.69, 9.17) is 10.8 Å². The maximum atomic E-state index is 12.5. The second-order valence-electron chi connectivity index (χ2n) is 2.84. The standard InChI is InChI=1S/C9H12FNO2/c10-7-3-1-6(2-4-7)9(13)8(11)5-12/h1-4,8-9,12-13H,5,11H2. The Hall–Kier alpha value is -0.970. The molecule has 72 valence electrons. The Balaban J connectivity index is 2.77. The van der Waals surface area contributed by atoms with Crippen LogP contribution in [0.25, 0.3) is 0 Å². The van der Waals surface area contributed by atoms with Gasteiger partial charge in [0.15, 0.2) is 0 Å². The molecule has 4 N–H and O–H groups in total. The molecule has 1 aromatic carbocycles. The van der Waals surface area contributed by atoms with E-state index in [0.29, 0.717) is 5.56 Å². The lowest BCUT2D eigenvalue weighted by Crippen LogP contribution is -2.31. The van der Waals surface area contributed by atoms with Crippen molar-refractivity contribution in [2.24, 2.45) is 5.73 Å². The van der Waals surface area contributed by atoms with Crippen molar-refractivity contribution < 1.29 is 14.6 Å². The average molecular weight is 185 g/mol. The molecule has 0 bridgehead atoms. The molecule has 0 fully saturated rings. The molecule has 0 aliphatic carbocycles. The Bertz CT molecular complexity index is 263. The normalized spacial score (nSPS) is 15.4. The lowest BCUT2D eigenvalue weighted by atomic mass is 10.0. The molecule has 1 aromatic rings. The van der Waals surface area contributed by atoms with E-state index in [0.717, 1.165) is 0 Å². The summed E-state index contributed by atoms with van der Waals surface area (Å²) >= 11 is 0. The van der Waals surface area contributed by atoms with Crippen molar-refractivity contribution in [3.8, 4) is 0 Å². The number of rotatable bonds is 3. The minimum Gasteiger partial charge on any atom is -0.395 e. The van der Waals surface area contributed by atoms with Crippen LogP contribution in [0.4, 0.5) is 4.39 Å². The maximum Gasteiger partial charge on any atom is 0.123 e. The van der Waals surface area contributed by atoms with Gasteiger partial charge >= 0.3 is 0 Å². The molecular weight excluding hydrogens is 173 g/mol. The highest BCUT2D eigenvalue weighted by atomic mass is 19.1. The number of aliphatic hydroxyl groups excluding tert-OH is 2. The number of nitrogens with two attached hydrogens (primary N) is 1. The van der Waals surface area contributed by atoms with Crippen LogP contribution in [-0.4, -0.2) is 22.9 Å². The summed E-state index contributed by atoms with van der Waals surface area (Å²) in [4.78, 5) is 0. The fourth-order valence-corrected chi connectivity index (χ4v) is 1.01. The number of benzene rings is 1. The second-order valence-corrected chi connectivity index (χ2v) is 2.84. The highest BCUT2D eigenvalue weighted by Crippen LogP contribution is 2.15. The van der Waals surface area contributed by atoms with Crippen LogP contribution in [0.3, 0.4) is 0 Å². The number of halogens is 1. The van der Waals surface area contributed by atoms with E-state index in [9.17, 15) is 9.50 Å². The van der Waals surface area contributed by atoms with E-state index in [-0.39, 0.29) is 12.4 Å². The summed E-state index contributed by atoms with van der Waals surface area (Å²) in [6.07, 6.45) is -0.953. The van der Waals surface area contributed by atoms with Crippen molar-refractivity contribution in [1.82, 2.24) is 0 Å². The fourth-order valence-electron chi connectivity index (χ4n) is 1.01. The maximum absolute atomic E-state index is 12.5. The van der Waals surface area contributed by atoms with Gasteiger partial charge in [-0.1, -0.05) is 12.1 Å². The van der Waals surface area contributed by atoms with E-state index in [1.807, 2.05) is 0 Å². The monoisotopic (exact) mass is 185 g/mol. The van der Waals surface area contributed by atoms with Gasteiger partial charge in [-0.15, -0.1) is 0 Å². The zero-order valence-electron chi connectivity index (χ0n) is 7.02. The zero-order chi connectivity index (χ0) is 9.84. The summed E-state index contributed by atoms with van der Waals surface area (Å²) in [6.45, 7) is -0.307. The van der Waals surface area contributed by atoms with Crippen LogP contribution < -0.4 is 5.73 Å². The molecule has 0 aliphatic heterocycles. The Morgan fingerprint density at radius 1 is 1.31 bits per heavy atom. The molecule has 2 atom stereocenters. The molecule has 0 amide bonds. The van der Waals surface area contributed by atoms with Gasteiger partial charge < -0.3 is 15.9 Å². The summed E-state index contributed by atoms with van der Waals surface area (Å²) < 4.78 is 12.5. The first-order chi connectivity index (χ1) is 6.15. The van der Waals surface area contributed by atoms with Crippen LogP contribution >= 0.6 is 0 Å². The van der Waals surface area contributed by atoms with Gasteiger partial charge in [0.2, 0.25) is 0 Å². The average Bonchev–Trinajstić information content (AvgIpc) is 2.17. The molecule has 1 rings (SSSR count). The van der Waals surface area contributed by atoms with Gasteiger partial charge in [-0.3, -0.25) is 0 Å². The first-order valence-electron chi connectivity index (χ1n) is 3.95. The topological polar surface area (TPSA) is 66.5 Å². The Kier molecular flexibility index (Phi) is 3.36. The van der Waals surface area contributed by atoms with Crippen LogP contribution in [0.2, 0.25) is 0 Å². The van der Waals surface area contributed by atoms with Gasteiger partial charge in [0, 0.05) is 0 Å². The van der Waals surface area contributed by atoms with Gasteiger partial charge in [-0.2, -0.15) is 0 Å². The zero-order valence-corrected chi connectivity index (χ0v) is 7.02. The van der Waals surface area contributed by atoms with Gasteiger partial charge in [0.05, 0.1) is 18.8 Å². The Labute approximate surface area is 75.6 Å². The van der Waals surface area contributed by atoms with Gasteiger partial charge in [0.25, 0.3) is 0 Å². The number of hydrogen-bond donors (Lipinski definition) is 3. The number of aliphatic hydroxyl groups is 2. The van der Waals surface area contributed by atoms with Gasteiger partial charge in [0.1, 0.15) is 5.82 Å². The SMILES string of the molecule is NC(CO)C(O)c1ccc(F)cc1. The molecule has 3 nitrogen and oxygen atoms in total. The number of hydrogen-bond acceptors (Lipinski definition) is 3. The molecule has 0 radical (unpaired) electrons. The Morgan fingerprint density at radius 2 is 1.85 bits per heavy atom. The minimum absolute atomic E-state index is 0.307. The third-order valence-corrected chi connectivity index (χ3v) is 1.83. The highest BCUT2D eigenvalue weighted by Gasteiger charge is 2.15. The summed E-state index contributed by atoms with van der Waals surface area (Å²) in [5.74, 6) is -0.367. The molecule has 0 spiro atoms. The summed E-state index contributed by atoms with van der Waals surface area (Å²) in [7, 11) is 0. The van der Waals surface area contributed by atoms with Crippen molar-refractivity contribution in [3.63, 3.8) is 0 Å². The lowest BCUT2D eigenvalue weighted by molar-refractivity contribution is 0.109. The van der Waals surface area contributed by atoms with Crippen molar-refractivity contribution in [1.29, 1.82) is 0 Å². The van der Waals surface area contributed by atoms with E-state index >= 15 is 0 Å².